The quantitative estimate of drug-likeness (QED) is 0.250. The highest BCUT2D eigenvalue weighted by Crippen LogP contribution is 2.37. The van der Waals surface area contributed by atoms with Gasteiger partial charge in [0.25, 0.3) is 0 Å². The molecule has 0 aliphatic rings. The van der Waals surface area contributed by atoms with Crippen molar-refractivity contribution in [1.29, 1.82) is 0 Å². The average Bonchev–Trinajstić information content (AvgIpc) is 3.32. The first-order valence-corrected chi connectivity index (χ1v) is 13.1. The highest BCUT2D eigenvalue weighted by Gasteiger charge is 2.26. The highest BCUT2D eigenvalue weighted by atomic mass is 15.3. The van der Waals surface area contributed by atoms with Crippen LogP contribution in [-0.4, -0.2) is 24.7 Å². The van der Waals surface area contributed by atoms with Gasteiger partial charge in [0.1, 0.15) is 6.33 Å². The lowest BCUT2D eigenvalue weighted by atomic mass is 9.86. The molecular weight excluding hydrogens is 454 g/mol. The molecule has 37 heavy (non-hydrogen) atoms. The summed E-state index contributed by atoms with van der Waals surface area (Å²) in [7, 11) is 0. The second kappa shape index (κ2) is 9.55. The number of rotatable bonds is 5. The summed E-state index contributed by atoms with van der Waals surface area (Å²) >= 11 is 0. The van der Waals surface area contributed by atoms with Crippen molar-refractivity contribution >= 4 is 10.8 Å². The van der Waals surface area contributed by atoms with Gasteiger partial charge in [-0.15, -0.1) is 10.2 Å². The van der Waals surface area contributed by atoms with E-state index in [4.69, 9.17) is 20.2 Å². The predicted molar refractivity (Wildman–Crippen MR) is 152 cm³/mol. The van der Waals surface area contributed by atoms with Crippen molar-refractivity contribution < 1.29 is 0 Å². The summed E-state index contributed by atoms with van der Waals surface area (Å²) < 4.78 is 2.19. The molecule has 0 fully saturated rings. The minimum Gasteiger partial charge on any atom is -0.271 e. The van der Waals surface area contributed by atoms with E-state index in [-0.39, 0.29) is 17.3 Å². The van der Waals surface area contributed by atoms with Crippen molar-refractivity contribution in [3.63, 3.8) is 0 Å². The summed E-state index contributed by atoms with van der Waals surface area (Å²) in [5.41, 5.74) is 6.38. The maximum atomic E-state index is 4.82. The van der Waals surface area contributed by atoms with Crippen molar-refractivity contribution in [3.8, 4) is 28.5 Å². The Labute approximate surface area is 219 Å². The first-order chi connectivity index (χ1) is 17.7. The maximum absolute atomic E-state index is 4.82. The zero-order valence-corrected chi connectivity index (χ0v) is 22.8. The van der Waals surface area contributed by atoms with Crippen LogP contribution in [0.2, 0.25) is 0 Å². The number of nitrogens with zero attached hydrogens (tertiary/aromatic N) is 5. The smallest absolute Gasteiger partial charge is 0.169 e. The Morgan fingerprint density at radius 3 is 1.89 bits per heavy atom. The minimum absolute atomic E-state index is 0.0726. The van der Waals surface area contributed by atoms with E-state index in [0.29, 0.717) is 0 Å². The largest absolute Gasteiger partial charge is 0.271 e. The molecule has 5 aromatic rings. The molecule has 5 heteroatoms. The molecule has 0 saturated heterocycles. The van der Waals surface area contributed by atoms with Crippen LogP contribution in [0.15, 0.2) is 73.1 Å². The van der Waals surface area contributed by atoms with Gasteiger partial charge in [-0.25, -0.2) is 9.97 Å². The molecule has 0 saturated carbocycles. The molecule has 2 heterocycles. The van der Waals surface area contributed by atoms with E-state index >= 15 is 0 Å². The fourth-order valence-electron chi connectivity index (χ4n) is 4.88. The summed E-state index contributed by atoms with van der Waals surface area (Å²) in [6, 6.07) is 23.5. The zero-order chi connectivity index (χ0) is 26.3. The summed E-state index contributed by atoms with van der Waals surface area (Å²) in [5.74, 6) is 2.00. The van der Waals surface area contributed by atoms with Gasteiger partial charge in [0.2, 0.25) is 0 Å². The molecule has 0 unspecified atom stereocenters. The van der Waals surface area contributed by atoms with E-state index < -0.39 is 0 Å². The monoisotopic (exact) mass is 489 g/mol. The Morgan fingerprint density at radius 2 is 1.27 bits per heavy atom. The molecule has 0 N–H and O–H groups in total. The number of fused-ring (bicyclic) bond motifs is 1. The minimum atomic E-state index is 0.0726. The average molecular weight is 490 g/mol. The standard InChI is InChI=1S/C32H35N5/c1-20(2)27-29(28(21(3)4)34-19-33-27)37-30(23-15-17-24(18-16-23)32(5,6)7)35-36-31(37)26-14-10-12-22-11-8-9-13-25(22)26/h8-21H,1-7H3. The molecule has 2 aromatic heterocycles. The van der Waals surface area contributed by atoms with Crippen molar-refractivity contribution in [3.05, 3.63) is 90.0 Å². The number of hydrogen-bond donors (Lipinski definition) is 0. The van der Waals surface area contributed by atoms with Crippen LogP contribution < -0.4 is 0 Å². The van der Waals surface area contributed by atoms with E-state index in [2.05, 4.69) is 120 Å². The van der Waals surface area contributed by atoms with Crippen molar-refractivity contribution in [2.24, 2.45) is 0 Å². The molecule has 0 aliphatic carbocycles. The number of hydrogen-bond acceptors (Lipinski definition) is 4. The fraction of sp³-hybridized carbons (Fsp3) is 0.312. The molecular formula is C32H35N5. The van der Waals surface area contributed by atoms with Crippen LogP contribution >= 0.6 is 0 Å². The van der Waals surface area contributed by atoms with Crippen LogP contribution in [0.25, 0.3) is 39.2 Å². The fourth-order valence-corrected chi connectivity index (χ4v) is 4.88. The second-order valence-corrected chi connectivity index (χ2v) is 11.3. The third kappa shape index (κ3) is 4.55. The molecule has 0 amide bonds. The molecule has 0 bridgehead atoms. The lowest BCUT2D eigenvalue weighted by Crippen LogP contribution is -2.13. The molecule has 5 rings (SSSR count). The highest BCUT2D eigenvalue weighted by molar-refractivity contribution is 5.95. The lowest BCUT2D eigenvalue weighted by Gasteiger charge is -2.22. The molecule has 0 atom stereocenters. The summed E-state index contributed by atoms with van der Waals surface area (Å²) in [4.78, 5) is 9.54. The van der Waals surface area contributed by atoms with Crippen LogP contribution in [0.1, 0.15) is 77.3 Å². The van der Waals surface area contributed by atoms with Crippen LogP contribution in [0.5, 0.6) is 0 Å². The van der Waals surface area contributed by atoms with E-state index in [9.17, 15) is 0 Å². The number of aromatic nitrogens is 5. The Bertz CT molecular complexity index is 1520. The first kappa shape index (κ1) is 24.8. The normalized spacial score (nSPS) is 12.1. The molecule has 3 aromatic carbocycles. The topological polar surface area (TPSA) is 56.5 Å². The van der Waals surface area contributed by atoms with Gasteiger partial charge in [-0.2, -0.15) is 0 Å². The van der Waals surface area contributed by atoms with Crippen molar-refractivity contribution in [2.75, 3.05) is 0 Å². The molecule has 0 radical (unpaired) electrons. The van der Waals surface area contributed by atoms with Crippen LogP contribution in [0.4, 0.5) is 0 Å². The summed E-state index contributed by atoms with van der Waals surface area (Å²) in [6.45, 7) is 15.4. The molecule has 5 nitrogen and oxygen atoms in total. The maximum Gasteiger partial charge on any atom is 0.169 e. The Morgan fingerprint density at radius 1 is 0.676 bits per heavy atom. The van der Waals surface area contributed by atoms with Crippen LogP contribution in [0, 0.1) is 0 Å². The van der Waals surface area contributed by atoms with Gasteiger partial charge in [-0.1, -0.05) is 115 Å². The van der Waals surface area contributed by atoms with Gasteiger partial charge in [0.15, 0.2) is 11.6 Å². The third-order valence-electron chi connectivity index (χ3n) is 6.90. The summed E-state index contributed by atoms with van der Waals surface area (Å²) in [5, 5.41) is 11.9. The zero-order valence-electron chi connectivity index (χ0n) is 22.8. The lowest BCUT2D eigenvalue weighted by molar-refractivity contribution is 0.590. The number of benzene rings is 3. The molecule has 0 aliphatic heterocycles. The van der Waals surface area contributed by atoms with E-state index in [1.165, 1.54) is 10.9 Å². The van der Waals surface area contributed by atoms with Gasteiger partial charge in [0, 0.05) is 11.1 Å². The van der Waals surface area contributed by atoms with Gasteiger partial charge in [0.05, 0.1) is 17.1 Å². The summed E-state index contributed by atoms with van der Waals surface area (Å²) in [6.07, 6.45) is 1.69. The van der Waals surface area contributed by atoms with Gasteiger partial charge in [-0.3, -0.25) is 4.57 Å². The van der Waals surface area contributed by atoms with Gasteiger partial charge in [-0.05, 0) is 33.6 Å². The van der Waals surface area contributed by atoms with E-state index in [0.717, 1.165) is 45.2 Å². The molecule has 188 valence electrons. The van der Waals surface area contributed by atoms with Crippen molar-refractivity contribution in [1.82, 2.24) is 24.7 Å². The third-order valence-corrected chi connectivity index (χ3v) is 6.90. The van der Waals surface area contributed by atoms with Crippen molar-refractivity contribution in [2.45, 2.75) is 65.7 Å². The van der Waals surface area contributed by atoms with Gasteiger partial charge < -0.3 is 0 Å². The van der Waals surface area contributed by atoms with Gasteiger partial charge >= 0.3 is 0 Å². The first-order valence-electron chi connectivity index (χ1n) is 13.1. The Hall–Kier alpha value is -3.86. The van der Waals surface area contributed by atoms with E-state index in [1.54, 1.807) is 6.33 Å². The second-order valence-electron chi connectivity index (χ2n) is 11.3. The predicted octanol–water partition coefficient (Wildman–Crippen LogP) is 8.09. The van der Waals surface area contributed by atoms with Crippen LogP contribution in [-0.2, 0) is 5.41 Å². The molecule has 0 spiro atoms. The van der Waals surface area contributed by atoms with Crippen LogP contribution in [0.3, 0.4) is 0 Å². The Balaban J connectivity index is 1.86. The Kier molecular flexibility index (Phi) is 6.40. The van der Waals surface area contributed by atoms with E-state index in [1.807, 2.05) is 0 Å². The SMILES string of the molecule is CC(C)c1ncnc(C(C)C)c1-n1c(-c2ccc(C(C)(C)C)cc2)nnc1-c1cccc2ccccc12.